The van der Waals surface area contributed by atoms with Crippen molar-refractivity contribution in [2.45, 2.75) is 24.8 Å². The molecule has 2 nitrogen and oxygen atoms in total. The smallest absolute Gasteiger partial charge is 0.0300 e. The van der Waals surface area contributed by atoms with E-state index in [4.69, 9.17) is 0 Å². The van der Waals surface area contributed by atoms with Crippen LogP contribution in [0.1, 0.15) is 23.5 Å². The van der Waals surface area contributed by atoms with E-state index in [9.17, 15) is 0 Å². The van der Waals surface area contributed by atoms with Crippen LogP contribution >= 0.6 is 0 Å². The Hall–Kier alpha value is -1.67. The Balaban J connectivity index is 1.44. The summed E-state index contributed by atoms with van der Waals surface area (Å²) in [6.45, 7) is 1.04. The molecule has 0 aliphatic heterocycles. The predicted molar refractivity (Wildman–Crippen MR) is 73.5 cm³/mol. The summed E-state index contributed by atoms with van der Waals surface area (Å²) < 4.78 is 0. The predicted octanol–water partition coefficient (Wildman–Crippen LogP) is 2.77. The second-order valence-corrected chi connectivity index (χ2v) is 4.92. The van der Waals surface area contributed by atoms with Crippen LogP contribution in [0.3, 0.4) is 0 Å². The van der Waals surface area contributed by atoms with Gasteiger partial charge in [0.2, 0.25) is 0 Å². The molecule has 1 saturated carbocycles. The van der Waals surface area contributed by atoms with Gasteiger partial charge in [0.25, 0.3) is 0 Å². The maximum atomic E-state index is 4.13. The summed E-state index contributed by atoms with van der Waals surface area (Å²) in [6.07, 6.45) is 6.11. The zero-order chi connectivity index (χ0) is 12.2. The summed E-state index contributed by atoms with van der Waals surface area (Å²) in [4.78, 5) is 4.13. The second-order valence-electron chi connectivity index (χ2n) is 4.92. The highest BCUT2D eigenvalue weighted by molar-refractivity contribution is 5.27. The summed E-state index contributed by atoms with van der Waals surface area (Å²) in [6, 6.07) is 15.6. The molecule has 2 atom stereocenters. The Morgan fingerprint density at radius 2 is 2.00 bits per heavy atom. The van der Waals surface area contributed by atoms with Gasteiger partial charge in [-0.2, -0.15) is 0 Å². The molecule has 0 saturated heterocycles. The molecule has 1 heterocycles. The Labute approximate surface area is 108 Å². The van der Waals surface area contributed by atoms with Crippen LogP contribution in [-0.2, 0) is 6.42 Å². The van der Waals surface area contributed by atoms with Crippen LogP contribution in [0.4, 0.5) is 0 Å². The van der Waals surface area contributed by atoms with Gasteiger partial charge in [-0.15, -0.1) is 0 Å². The lowest BCUT2D eigenvalue weighted by Crippen LogP contribution is -2.20. The molecular weight excluding hydrogens is 220 g/mol. The summed E-state index contributed by atoms with van der Waals surface area (Å²) in [7, 11) is 0. The van der Waals surface area contributed by atoms with Crippen LogP contribution in [0.2, 0.25) is 0 Å². The van der Waals surface area contributed by atoms with Gasteiger partial charge in [-0.25, -0.2) is 0 Å². The molecule has 0 amide bonds. The molecule has 0 spiro atoms. The van der Waals surface area contributed by atoms with Gasteiger partial charge in [0, 0.05) is 24.4 Å². The minimum absolute atomic E-state index is 0.670. The first-order valence-corrected chi connectivity index (χ1v) is 6.61. The van der Waals surface area contributed by atoms with Gasteiger partial charge in [-0.05, 0) is 36.6 Å². The van der Waals surface area contributed by atoms with Crippen molar-refractivity contribution >= 4 is 0 Å². The largest absolute Gasteiger partial charge is 0.313 e. The fourth-order valence-electron chi connectivity index (χ4n) is 2.44. The van der Waals surface area contributed by atoms with Crippen molar-refractivity contribution in [3.8, 4) is 0 Å². The molecule has 2 unspecified atom stereocenters. The van der Waals surface area contributed by atoms with Crippen molar-refractivity contribution in [2.24, 2.45) is 0 Å². The number of benzene rings is 1. The van der Waals surface area contributed by atoms with Gasteiger partial charge in [0.05, 0.1) is 0 Å². The summed E-state index contributed by atoms with van der Waals surface area (Å²) in [5.74, 6) is 0.722. The molecule has 0 bridgehead atoms. The average molecular weight is 238 g/mol. The molecule has 2 heteroatoms. The van der Waals surface area contributed by atoms with Crippen molar-refractivity contribution in [1.29, 1.82) is 0 Å². The fraction of sp³-hybridized carbons (Fsp3) is 0.312. The number of aromatic nitrogens is 1. The van der Waals surface area contributed by atoms with E-state index < -0.39 is 0 Å². The van der Waals surface area contributed by atoms with E-state index in [0.717, 1.165) is 18.9 Å². The van der Waals surface area contributed by atoms with Gasteiger partial charge in [-0.3, -0.25) is 4.98 Å². The normalized spacial score (nSPS) is 21.8. The van der Waals surface area contributed by atoms with Crippen LogP contribution in [0.25, 0.3) is 0 Å². The van der Waals surface area contributed by atoms with Crippen molar-refractivity contribution in [1.82, 2.24) is 10.3 Å². The van der Waals surface area contributed by atoms with E-state index in [1.807, 2.05) is 18.5 Å². The third-order valence-corrected chi connectivity index (χ3v) is 3.56. The third kappa shape index (κ3) is 2.77. The van der Waals surface area contributed by atoms with Gasteiger partial charge >= 0.3 is 0 Å². The molecule has 1 aliphatic rings. The van der Waals surface area contributed by atoms with E-state index >= 15 is 0 Å². The van der Waals surface area contributed by atoms with Gasteiger partial charge in [-0.1, -0.05) is 36.4 Å². The molecule has 3 rings (SSSR count). The van der Waals surface area contributed by atoms with E-state index in [1.54, 1.807) is 0 Å². The number of nitrogens with one attached hydrogen (secondary N) is 1. The van der Waals surface area contributed by atoms with Crippen LogP contribution in [0.5, 0.6) is 0 Å². The lowest BCUT2D eigenvalue weighted by molar-refractivity contribution is 0.668. The van der Waals surface area contributed by atoms with Crippen LogP contribution in [0.15, 0.2) is 54.9 Å². The maximum Gasteiger partial charge on any atom is 0.0300 e. The average Bonchev–Trinajstić information content (AvgIpc) is 3.21. The minimum Gasteiger partial charge on any atom is -0.313 e. The van der Waals surface area contributed by atoms with Crippen LogP contribution in [0, 0.1) is 0 Å². The maximum absolute atomic E-state index is 4.13. The Bertz CT molecular complexity index is 481. The van der Waals surface area contributed by atoms with E-state index in [2.05, 4.69) is 46.7 Å². The summed E-state index contributed by atoms with van der Waals surface area (Å²) in [5, 5.41) is 3.63. The van der Waals surface area contributed by atoms with Gasteiger partial charge in [0.1, 0.15) is 0 Å². The van der Waals surface area contributed by atoms with E-state index in [-0.39, 0.29) is 0 Å². The third-order valence-electron chi connectivity index (χ3n) is 3.56. The van der Waals surface area contributed by atoms with Gasteiger partial charge < -0.3 is 5.32 Å². The number of pyridine rings is 1. The lowest BCUT2D eigenvalue weighted by atomic mass is 10.1. The highest BCUT2D eigenvalue weighted by Gasteiger charge is 2.37. The molecule has 1 N–H and O–H groups in total. The Morgan fingerprint density at radius 1 is 1.11 bits per heavy atom. The zero-order valence-electron chi connectivity index (χ0n) is 10.4. The molecular formula is C16H18N2. The SMILES string of the molecule is c1ccc(C2CC2NCCc2cccnc2)cc1. The molecule has 1 aromatic carbocycles. The zero-order valence-corrected chi connectivity index (χ0v) is 10.4. The number of hydrogen-bond acceptors (Lipinski definition) is 2. The molecule has 1 fully saturated rings. The standard InChI is InChI=1S/C16H18N2/c1-2-6-14(7-3-1)15-11-16(15)18-10-8-13-5-4-9-17-12-13/h1-7,9,12,15-16,18H,8,10-11H2. The molecule has 2 aromatic rings. The highest BCUT2D eigenvalue weighted by atomic mass is 15.0. The van der Waals surface area contributed by atoms with Crippen LogP contribution < -0.4 is 5.32 Å². The minimum atomic E-state index is 0.670. The topological polar surface area (TPSA) is 24.9 Å². The quantitative estimate of drug-likeness (QED) is 0.866. The first-order chi connectivity index (χ1) is 8.93. The molecule has 0 radical (unpaired) electrons. The molecule has 92 valence electrons. The number of rotatable bonds is 5. The fourth-order valence-corrected chi connectivity index (χ4v) is 2.44. The van der Waals surface area contributed by atoms with Crippen molar-refractivity contribution in [3.05, 3.63) is 66.0 Å². The number of hydrogen-bond donors (Lipinski definition) is 1. The van der Waals surface area contributed by atoms with Crippen molar-refractivity contribution in [3.63, 3.8) is 0 Å². The highest BCUT2D eigenvalue weighted by Crippen LogP contribution is 2.40. The van der Waals surface area contributed by atoms with E-state index in [0.29, 0.717) is 6.04 Å². The van der Waals surface area contributed by atoms with Crippen molar-refractivity contribution < 1.29 is 0 Å². The Kier molecular flexibility index (Phi) is 3.37. The van der Waals surface area contributed by atoms with Gasteiger partial charge in [0.15, 0.2) is 0 Å². The molecule has 1 aliphatic carbocycles. The van der Waals surface area contributed by atoms with E-state index in [1.165, 1.54) is 17.5 Å². The second kappa shape index (κ2) is 5.32. The summed E-state index contributed by atoms with van der Waals surface area (Å²) in [5.41, 5.74) is 2.78. The van der Waals surface area contributed by atoms with Crippen LogP contribution in [-0.4, -0.2) is 17.6 Å². The summed E-state index contributed by atoms with van der Waals surface area (Å²) >= 11 is 0. The first kappa shape index (κ1) is 11.4. The Morgan fingerprint density at radius 3 is 2.78 bits per heavy atom. The molecule has 18 heavy (non-hydrogen) atoms. The molecule has 1 aromatic heterocycles. The lowest BCUT2D eigenvalue weighted by Gasteiger charge is -2.04. The number of nitrogens with zero attached hydrogens (tertiary/aromatic N) is 1. The first-order valence-electron chi connectivity index (χ1n) is 6.61. The van der Waals surface area contributed by atoms with Crippen molar-refractivity contribution in [2.75, 3.05) is 6.54 Å². The monoisotopic (exact) mass is 238 g/mol.